The quantitative estimate of drug-likeness (QED) is 0.212. The van der Waals surface area contributed by atoms with Crippen molar-refractivity contribution in [2.24, 2.45) is 28.6 Å². The lowest BCUT2D eigenvalue weighted by Gasteiger charge is -2.46. The summed E-state index contributed by atoms with van der Waals surface area (Å²) in [5.41, 5.74) is -3.03. The van der Waals surface area contributed by atoms with Gasteiger partial charge in [-0.2, -0.15) is 0 Å². The van der Waals surface area contributed by atoms with E-state index in [0.717, 1.165) is 64.2 Å². The predicted molar refractivity (Wildman–Crippen MR) is 202 cm³/mol. The van der Waals surface area contributed by atoms with Crippen molar-refractivity contribution in [2.45, 2.75) is 184 Å². The monoisotopic (exact) mass is 759 g/mol. The number of nitrogens with zero attached hydrogens (tertiary/aromatic N) is 1. The molecule has 5 amide bonds. The van der Waals surface area contributed by atoms with Crippen LogP contribution >= 0.6 is 0 Å². The number of carbonyl (C=O) groups excluding carboxylic acids is 5. The third-order valence-electron chi connectivity index (χ3n) is 14.6. The number of piperidine rings is 1. The van der Waals surface area contributed by atoms with Crippen molar-refractivity contribution in [1.82, 2.24) is 26.2 Å². The summed E-state index contributed by atoms with van der Waals surface area (Å²) in [6, 6.07) is -2.35. The fourth-order valence-electron chi connectivity index (χ4n) is 10.5. The molecule has 7 atom stereocenters. The molecule has 5 saturated carbocycles. The summed E-state index contributed by atoms with van der Waals surface area (Å²) in [4.78, 5) is 71.9. The molecule has 5 aliphatic carbocycles. The first-order valence-electron chi connectivity index (χ1n) is 20.5. The van der Waals surface area contributed by atoms with E-state index in [1.807, 2.05) is 13.8 Å². The predicted octanol–water partition coefficient (Wildman–Crippen LogP) is 4.54. The second kappa shape index (κ2) is 13.8. The molecule has 12 nitrogen and oxygen atoms in total. The lowest BCUT2D eigenvalue weighted by atomic mass is 9.70. The average Bonchev–Trinajstić information content (AvgIpc) is 4.05. The molecule has 6 aliphatic rings. The number of fused-ring (bicyclic) bond motifs is 1. The van der Waals surface area contributed by atoms with Crippen LogP contribution in [0, 0.1) is 28.6 Å². The van der Waals surface area contributed by atoms with Gasteiger partial charge in [-0.25, -0.2) is 13.2 Å². The summed E-state index contributed by atoms with van der Waals surface area (Å²) < 4.78 is 26.6. The molecule has 1 unspecified atom stereocenters. The smallest absolute Gasteiger partial charge is 0.315 e. The van der Waals surface area contributed by atoms with E-state index in [2.05, 4.69) is 35.1 Å². The number of ketones is 1. The number of hydrogen-bond donors (Lipinski definition) is 4. The van der Waals surface area contributed by atoms with E-state index in [0.29, 0.717) is 32.2 Å². The molecule has 0 spiro atoms. The zero-order chi connectivity index (χ0) is 38.9. The fraction of sp³-hybridized carbons (Fsp3) is 0.875. The molecule has 0 radical (unpaired) electrons. The first-order chi connectivity index (χ1) is 24.6. The Kier molecular flexibility index (Phi) is 10.4. The minimum absolute atomic E-state index is 0.0101. The normalized spacial score (nSPS) is 32.3. The van der Waals surface area contributed by atoms with E-state index in [9.17, 15) is 27.6 Å². The van der Waals surface area contributed by atoms with Gasteiger partial charge >= 0.3 is 6.03 Å². The third-order valence-corrected chi connectivity index (χ3v) is 17.7. The Morgan fingerprint density at radius 3 is 1.98 bits per heavy atom. The number of amides is 5. The molecule has 0 aromatic rings. The van der Waals surface area contributed by atoms with Crippen LogP contribution in [0.5, 0.6) is 0 Å². The minimum Gasteiger partial charge on any atom is -0.347 e. The Morgan fingerprint density at radius 1 is 0.868 bits per heavy atom. The number of Topliss-reactive ketones (excluding diaryl/α,β-unsaturated/α-hetero) is 1. The molecule has 13 heteroatoms. The van der Waals surface area contributed by atoms with Crippen molar-refractivity contribution >= 4 is 39.4 Å². The summed E-state index contributed by atoms with van der Waals surface area (Å²) in [5, 5.41) is 11.2. The van der Waals surface area contributed by atoms with Gasteiger partial charge in [-0.1, -0.05) is 72.6 Å². The minimum atomic E-state index is -3.64. The van der Waals surface area contributed by atoms with Gasteiger partial charge in [-0.15, -0.1) is 0 Å². The summed E-state index contributed by atoms with van der Waals surface area (Å²) in [5.74, 6) is -2.22. The number of rotatable bonds is 12. The second-order valence-corrected chi connectivity index (χ2v) is 22.5. The fourth-order valence-corrected chi connectivity index (χ4v) is 12.4. The number of nitrogens with one attached hydrogen (secondary N) is 4. The lowest BCUT2D eigenvalue weighted by molar-refractivity contribution is -0.146. The van der Waals surface area contributed by atoms with Crippen LogP contribution in [0.4, 0.5) is 4.79 Å². The molecule has 1 aliphatic heterocycles. The van der Waals surface area contributed by atoms with Gasteiger partial charge in [0.1, 0.15) is 17.6 Å². The van der Waals surface area contributed by atoms with Gasteiger partial charge < -0.3 is 26.2 Å². The maximum Gasteiger partial charge on any atom is 0.315 e. The van der Waals surface area contributed by atoms with Gasteiger partial charge in [0.05, 0.1) is 15.5 Å². The van der Waals surface area contributed by atoms with E-state index in [4.69, 9.17) is 0 Å². The van der Waals surface area contributed by atoms with E-state index in [1.165, 1.54) is 0 Å². The molecule has 0 bridgehead atoms. The zero-order valence-electron chi connectivity index (χ0n) is 33.4. The highest BCUT2D eigenvalue weighted by molar-refractivity contribution is 7.93. The van der Waals surface area contributed by atoms with Crippen LogP contribution in [0.2, 0.25) is 0 Å². The second-order valence-electron chi connectivity index (χ2n) is 19.5. The highest BCUT2D eigenvalue weighted by Gasteiger charge is 2.71. The molecule has 1 saturated heterocycles. The average molecular weight is 760 g/mol. The van der Waals surface area contributed by atoms with Crippen molar-refractivity contribution in [3.05, 3.63) is 0 Å². The van der Waals surface area contributed by atoms with Crippen LogP contribution in [-0.2, 0) is 29.0 Å². The lowest BCUT2D eigenvalue weighted by Crippen LogP contribution is -2.66. The van der Waals surface area contributed by atoms with E-state index < -0.39 is 72.0 Å². The van der Waals surface area contributed by atoms with Crippen molar-refractivity contribution in [3.63, 3.8) is 0 Å². The summed E-state index contributed by atoms with van der Waals surface area (Å²) in [7, 11) is -3.64. The maximum absolute atomic E-state index is 15.0. The van der Waals surface area contributed by atoms with E-state index in [-0.39, 0.29) is 35.1 Å². The number of likely N-dealkylation sites (tertiary alicyclic amines) is 1. The molecular weight excluding hydrogens is 695 g/mol. The number of hydrogen-bond acceptors (Lipinski definition) is 7. The van der Waals surface area contributed by atoms with Gasteiger partial charge in [0.25, 0.3) is 5.91 Å². The van der Waals surface area contributed by atoms with Crippen LogP contribution in [0.25, 0.3) is 0 Å². The molecule has 0 aromatic carbocycles. The molecule has 6 rings (SSSR count). The standard InChI is InChI=1S/C40H65N5O7S/c1-9-25-22-40(25,31(46)33(48)41-26-16-17-26)43-32(47)29-28-27(37(28,6)7)23-45(29)34(49)30(38(8)18-12-10-13-19-38)42-35(50)44-39(20-14-11-15-21-39)24(2)53(51,52)36(3,4)5/h24-30H,9-23H2,1-8H3,(H,41,48)(H,43,47)(H2,42,44,50)/t24-,25+,27+,28+,29+,30-,40?/m1/s1. The summed E-state index contributed by atoms with van der Waals surface area (Å²) in [6.45, 7) is 15.3. The third kappa shape index (κ3) is 7.14. The molecular formula is C40H65N5O7S. The first kappa shape index (κ1) is 40.0. The Balaban J connectivity index is 1.26. The number of urea groups is 1. The van der Waals surface area contributed by atoms with Crippen LogP contribution in [0.1, 0.15) is 145 Å². The van der Waals surface area contributed by atoms with Crippen LogP contribution in [-0.4, -0.2) is 88.6 Å². The van der Waals surface area contributed by atoms with Crippen molar-refractivity contribution in [2.75, 3.05) is 6.54 Å². The SMILES string of the molecule is CC[C@H]1CC1(NC(=O)[C@@H]1[C@@H]2[C@H](CN1C(=O)[C@@H](NC(=O)NC1([C@@H](C)S(=O)(=O)C(C)(C)C)CCCCC1)C1(C)CCCCC1)C2(C)C)C(=O)C(=O)NC1CC1. The Bertz CT molecular complexity index is 1600. The molecule has 1 heterocycles. The van der Waals surface area contributed by atoms with Crippen LogP contribution in [0.3, 0.4) is 0 Å². The van der Waals surface area contributed by atoms with Crippen molar-refractivity contribution in [1.29, 1.82) is 0 Å². The number of carbonyl (C=O) groups is 5. The molecule has 6 fully saturated rings. The van der Waals surface area contributed by atoms with E-state index in [1.54, 1.807) is 32.6 Å². The topological polar surface area (TPSA) is 171 Å². The van der Waals surface area contributed by atoms with Gasteiger partial charge in [-0.3, -0.25) is 19.2 Å². The Hall–Kier alpha value is -2.70. The summed E-state index contributed by atoms with van der Waals surface area (Å²) in [6.07, 6.45) is 10.6. The van der Waals surface area contributed by atoms with Gasteiger partial charge in [0.15, 0.2) is 9.84 Å². The van der Waals surface area contributed by atoms with E-state index >= 15 is 4.79 Å². The van der Waals surface area contributed by atoms with Crippen LogP contribution in [0.15, 0.2) is 0 Å². The molecule has 0 aromatic heterocycles. The first-order valence-corrected chi connectivity index (χ1v) is 22.0. The van der Waals surface area contributed by atoms with Gasteiger partial charge in [0.2, 0.25) is 17.6 Å². The highest BCUT2D eigenvalue weighted by Crippen LogP contribution is 2.65. The Labute approximate surface area is 316 Å². The number of sulfone groups is 1. The Morgan fingerprint density at radius 2 is 1.45 bits per heavy atom. The van der Waals surface area contributed by atoms with Gasteiger partial charge in [0, 0.05) is 12.6 Å². The highest BCUT2D eigenvalue weighted by atomic mass is 32.2. The molecule has 53 heavy (non-hydrogen) atoms. The molecule has 298 valence electrons. The zero-order valence-corrected chi connectivity index (χ0v) is 34.2. The van der Waals surface area contributed by atoms with Gasteiger partial charge in [-0.05, 0) is 101 Å². The van der Waals surface area contributed by atoms with Crippen LogP contribution < -0.4 is 21.3 Å². The summed E-state index contributed by atoms with van der Waals surface area (Å²) >= 11 is 0. The largest absolute Gasteiger partial charge is 0.347 e. The maximum atomic E-state index is 15.0. The van der Waals surface area contributed by atoms with Crippen molar-refractivity contribution < 1.29 is 32.4 Å². The van der Waals surface area contributed by atoms with Crippen molar-refractivity contribution in [3.8, 4) is 0 Å². The molecule has 4 N–H and O–H groups in total.